The lowest BCUT2D eigenvalue weighted by molar-refractivity contribution is -0.140. The number of carboxylic acid groups (broad SMARTS) is 1. The third-order valence-corrected chi connectivity index (χ3v) is 4.32. The average Bonchev–Trinajstić information content (AvgIpc) is 2.84. The average molecular weight is 363 g/mol. The van der Waals surface area contributed by atoms with Gasteiger partial charge in [-0.25, -0.2) is 4.98 Å². The molecule has 0 aliphatic rings. The van der Waals surface area contributed by atoms with Crippen molar-refractivity contribution in [3.8, 4) is 0 Å². The van der Waals surface area contributed by atoms with Gasteiger partial charge in [-0.15, -0.1) is 12.6 Å². The van der Waals surface area contributed by atoms with E-state index in [1.54, 1.807) is 0 Å². The van der Waals surface area contributed by atoms with Crippen molar-refractivity contribution in [2.75, 3.05) is 0 Å². The standard InChI is InChI=1S/C19H25NO4S/c1-18(2,3)10-19(4,5)11-6-7-13-14(8-11)24-16(20-13)12(17(22)23)9-15(21)25/h6-8,12H,9-10H2,1-5H3,(H,21,25)(H,22,23). The van der Waals surface area contributed by atoms with Gasteiger partial charge >= 0.3 is 5.97 Å². The van der Waals surface area contributed by atoms with Crippen LogP contribution in [0.3, 0.4) is 0 Å². The van der Waals surface area contributed by atoms with Gasteiger partial charge in [0.2, 0.25) is 5.89 Å². The highest BCUT2D eigenvalue weighted by molar-refractivity contribution is 7.96. The van der Waals surface area contributed by atoms with Gasteiger partial charge in [-0.2, -0.15) is 0 Å². The van der Waals surface area contributed by atoms with E-state index in [1.165, 1.54) is 0 Å². The van der Waals surface area contributed by atoms with E-state index in [9.17, 15) is 14.7 Å². The quantitative estimate of drug-likeness (QED) is 0.736. The normalized spacial score (nSPS) is 13.8. The maximum absolute atomic E-state index is 11.4. The predicted octanol–water partition coefficient (Wildman–Crippen LogP) is 4.56. The van der Waals surface area contributed by atoms with Crippen molar-refractivity contribution in [1.29, 1.82) is 0 Å². The Morgan fingerprint density at radius 2 is 1.88 bits per heavy atom. The summed E-state index contributed by atoms with van der Waals surface area (Å²) in [5, 5.41) is 8.81. The molecule has 0 bridgehead atoms. The molecule has 1 N–H and O–H groups in total. The van der Waals surface area contributed by atoms with Gasteiger partial charge in [-0.1, -0.05) is 40.7 Å². The van der Waals surface area contributed by atoms with E-state index >= 15 is 0 Å². The van der Waals surface area contributed by atoms with Crippen LogP contribution in [0.15, 0.2) is 22.6 Å². The van der Waals surface area contributed by atoms with Gasteiger partial charge in [0.25, 0.3) is 0 Å². The maximum Gasteiger partial charge on any atom is 0.316 e. The Labute approximate surface area is 153 Å². The summed E-state index contributed by atoms with van der Waals surface area (Å²) in [4.78, 5) is 26.9. The Kier molecular flexibility index (Phi) is 5.33. The van der Waals surface area contributed by atoms with Gasteiger partial charge in [0.1, 0.15) is 11.4 Å². The summed E-state index contributed by atoms with van der Waals surface area (Å²) in [5.41, 5.74) is 2.34. The number of nitrogens with zero attached hydrogens (tertiary/aromatic N) is 1. The summed E-state index contributed by atoms with van der Waals surface area (Å²) in [5.74, 6) is -2.23. The van der Waals surface area contributed by atoms with Crippen LogP contribution in [0.2, 0.25) is 0 Å². The number of carbonyl (C=O) groups excluding carboxylic acids is 1. The van der Waals surface area contributed by atoms with Gasteiger partial charge in [0.05, 0.1) is 0 Å². The van der Waals surface area contributed by atoms with Crippen LogP contribution in [-0.4, -0.2) is 21.2 Å². The summed E-state index contributed by atoms with van der Waals surface area (Å²) in [7, 11) is 0. The van der Waals surface area contributed by atoms with E-state index in [4.69, 9.17) is 4.42 Å². The van der Waals surface area contributed by atoms with Gasteiger partial charge in [0.15, 0.2) is 10.7 Å². The van der Waals surface area contributed by atoms with Gasteiger partial charge in [-0.3, -0.25) is 9.59 Å². The lowest BCUT2D eigenvalue weighted by Gasteiger charge is -2.32. The van der Waals surface area contributed by atoms with Gasteiger partial charge < -0.3 is 9.52 Å². The second kappa shape index (κ2) is 6.83. The van der Waals surface area contributed by atoms with E-state index < -0.39 is 17.0 Å². The molecular weight excluding hydrogens is 338 g/mol. The van der Waals surface area contributed by atoms with Crippen molar-refractivity contribution in [3.63, 3.8) is 0 Å². The summed E-state index contributed by atoms with van der Waals surface area (Å²) < 4.78 is 5.68. The molecule has 136 valence electrons. The molecule has 1 aromatic carbocycles. The molecule has 0 fully saturated rings. The Morgan fingerprint density at radius 3 is 2.40 bits per heavy atom. The molecule has 0 aliphatic carbocycles. The van der Waals surface area contributed by atoms with Crippen LogP contribution in [0.4, 0.5) is 0 Å². The first-order valence-electron chi connectivity index (χ1n) is 8.25. The molecular formula is C19H25NO4S. The first-order valence-corrected chi connectivity index (χ1v) is 8.69. The van der Waals surface area contributed by atoms with Gasteiger partial charge in [0, 0.05) is 6.42 Å². The largest absolute Gasteiger partial charge is 0.481 e. The summed E-state index contributed by atoms with van der Waals surface area (Å²) in [6.07, 6.45) is 0.728. The fraction of sp³-hybridized carbons (Fsp3) is 0.526. The zero-order valence-corrected chi connectivity index (χ0v) is 16.2. The monoisotopic (exact) mass is 363 g/mol. The Balaban J connectivity index is 2.41. The number of thiol groups is 1. The molecule has 0 aliphatic heterocycles. The van der Waals surface area contributed by atoms with Crippen molar-refractivity contribution < 1.29 is 19.1 Å². The molecule has 0 saturated carbocycles. The first kappa shape index (κ1) is 19.5. The number of carbonyl (C=O) groups is 2. The van der Waals surface area contributed by atoms with Crippen LogP contribution in [0.1, 0.15) is 64.8 Å². The summed E-state index contributed by atoms with van der Waals surface area (Å²) in [6.45, 7) is 11.0. The highest BCUT2D eigenvalue weighted by Crippen LogP contribution is 2.37. The molecule has 1 unspecified atom stereocenters. The second-order valence-electron chi connectivity index (χ2n) is 8.34. The molecule has 1 aromatic heterocycles. The number of rotatable bonds is 6. The molecule has 5 nitrogen and oxygen atoms in total. The molecule has 0 saturated heterocycles. The van der Waals surface area contributed by atoms with Crippen molar-refractivity contribution in [2.45, 2.75) is 58.8 Å². The van der Waals surface area contributed by atoms with E-state index in [1.807, 2.05) is 18.2 Å². The molecule has 6 heteroatoms. The minimum absolute atomic E-state index is 0.0377. The number of benzene rings is 1. The fourth-order valence-corrected chi connectivity index (χ4v) is 3.58. The zero-order valence-electron chi connectivity index (χ0n) is 15.3. The van der Waals surface area contributed by atoms with Crippen molar-refractivity contribution >= 4 is 34.8 Å². The Bertz CT molecular complexity index is 801. The summed E-state index contributed by atoms with van der Waals surface area (Å²) >= 11 is 3.67. The van der Waals surface area contributed by atoms with Gasteiger partial charge in [-0.05, 0) is 34.9 Å². The Hall–Kier alpha value is -1.82. The Morgan fingerprint density at radius 1 is 1.24 bits per heavy atom. The highest BCUT2D eigenvalue weighted by Gasteiger charge is 2.30. The van der Waals surface area contributed by atoms with E-state index in [2.05, 4.69) is 52.2 Å². The molecule has 2 rings (SSSR count). The molecule has 1 atom stereocenters. The topological polar surface area (TPSA) is 80.4 Å². The number of fused-ring (bicyclic) bond motifs is 1. The number of oxazole rings is 1. The van der Waals surface area contributed by atoms with E-state index in [0.29, 0.717) is 11.1 Å². The maximum atomic E-state index is 11.4. The first-order chi connectivity index (χ1) is 11.4. The molecule has 0 spiro atoms. The number of hydrogen-bond acceptors (Lipinski definition) is 4. The van der Waals surface area contributed by atoms with E-state index in [0.717, 1.165) is 12.0 Å². The van der Waals surface area contributed by atoms with Crippen molar-refractivity contribution in [1.82, 2.24) is 4.98 Å². The van der Waals surface area contributed by atoms with Crippen LogP contribution >= 0.6 is 12.6 Å². The smallest absolute Gasteiger partial charge is 0.316 e. The molecule has 1 heterocycles. The predicted molar refractivity (Wildman–Crippen MR) is 100 cm³/mol. The third kappa shape index (κ3) is 4.84. The SMILES string of the molecule is CC(C)(C)CC(C)(C)c1ccc2nc(C(CC(=O)S)C(=O)O)oc2c1. The van der Waals surface area contributed by atoms with Crippen LogP contribution in [-0.2, 0) is 15.0 Å². The number of hydrogen-bond donors (Lipinski definition) is 2. The lowest BCUT2D eigenvalue weighted by atomic mass is 9.72. The van der Waals surface area contributed by atoms with Crippen LogP contribution in [0.5, 0.6) is 0 Å². The molecule has 0 amide bonds. The third-order valence-electron chi connectivity index (χ3n) is 4.13. The lowest BCUT2D eigenvalue weighted by Crippen LogP contribution is -2.24. The fourth-order valence-electron chi connectivity index (χ4n) is 3.40. The second-order valence-corrected chi connectivity index (χ2v) is 8.84. The van der Waals surface area contributed by atoms with Crippen LogP contribution < -0.4 is 0 Å². The minimum Gasteiger partial charge on any atom is -0.481 e. The number of aliphatic carboxylic acids is 1. The summed E-state index contributed by atoms with van der Waals surface area (Å²) in [6, 6.07) is 5.75. The zero-order chi connectivity index (χ0) is 19.0. The minimum atomic E-state index is -1.15. The number of aromatic nitrogens is 1. The van der Waals surface area contributed by atoms with Crippen LogP contribution in [0.25, 0.3) is 11.1 Å². The van der Waals surface area contributed by atoms with Crippen molar-refractivity contribution in [3.05, 3.63) is 29.7 Å². The van der Waals surface area contributed by atoms with Crippen LogP contribution in [0, 0.1) is 5.41 Å². The number of carboxylic acids is 1. The highest BCUT2D eigenvalue weighted by atomic mass is 32.1. The van der Waals surface area contributed by atoms with Crippen molar-refractivity contribution in [2.24, 2.45) is 5.41 Å². The molecule has 25 heavy (non-hydrogen) atoms. The molecule has 0 radical (unpaired) electrons. The van der Waals surface area contributed by atoms with E-state index in [-0.39, 0.29) is 23.1 Å². The molecule has 2 aromatic rings.